The first kappa shape index (κ1) is 14.9. The van der Waals surface area contributed by atoms with Gasteiger partial charge in [0, 0.05) is 25.9 Å². The van der Waals surface area contributed by atoms with Crippen LogP contribution in [0, 0.1) is 0 Å². The molecule has 0 unspecified atom stereocenters. The minimum Gasteiger partial charge on any atom is -0.319 e. The first-order chi connectivity index (χ1) is 8.67. The summed E-state index contributed by atoms with van der Waals surface area (Å²) in [5.41, 5.74) is 1.11. The van der Waals surface area contributed by atoms with Crippen LogP contribution in [0.1, 0.15) is 25.8 Å². The zero-order valence-electron chi connectivity index (χ0n) is 11.8. The lowest BCUT2D eigenvalue weighted by Crippen LogP contribution is -2.27. The molecule has 1 aromatic rings. The SMILES string of the molecule is CCN(CC)CCCNCc1ccn(C)c(=O)c1. The molecule has 0 bridgehead atoms. The van der Waals surface area contributed by atoms with Gasteiger partial charge in [-0.25, -0.2) is 0 Å². The molecule has 0 saturated carbocycles. The van der Waals surface area contributed by atoms with Crippen molar-refractivity contribution in [2.45, 2.75) is 26.8 Å². The van der Waals surface area contributed by atoms with E-state index in [0.717, 1.165) is 44.7 Å². The summed E-state index contributed by atoms with van der Waals surface area (Å²) >= 11 is 0. The van der Waals surface area contributed by atoms with Crippen LogP contribution in [-0.2, 0) is 13.6 Å². The molecule has 18 heavy (non-hydrogen) atoms. The van der Waals surface area contributed by atoms with Crippen molar-refractivity contribution in [1.82, 2.24) is 14.8 Å². The number of pyridine rings is 1. The predicted molar refractivity (Wildman–Crippen MR) is 75.8 cm³/mol. The molecule has 0 saturated heterocycles. The Labute approximate surface area is 110 Å². The number of nitrogens with zero attached hydrogens (tertiary/aromatic N) is 2. The summed E-state index contributed by atoms with van der Waals surface area (Å²) in [7, 11) is 1.77. The Kier molecular flexibility index (Phi) is 6.68. The Hall–Kier alpha value is -1.13. The summed E-state index contributed by atoms with van der Waals surface area (Å²) in [6.45, 7) is 9.51. The van der Waals surface area contributed by atoms with Gasteiger partial charge in [-0.3, -0.25) is 4.79 Å². The van der Waals surface area contributed by atoms with E-state index in [4.69, 9.17) is 0 Å². The molecule has 0 amide bonds. The third-order valence-electron chi connectivity index (χ3n) is 3.22. The van der Waals surface area contributed by atoms with E-state index in [9.17, 15) is 4.79 Å². The van der Waals surface area contributed by atoms with Gasteiger partial charge in [0.15, 0.2) is 0 Å². The third kappa shape index (κ3) is 5.02. The van der Waals surface area contributed by atoms with Gasteiger partial charge >= 0.3 is 0 Å². The Balaban J connectivity index is 2.21. The molecule has 0 aliphatic carbocycles. The van der Waals surface area contributed by atoms with Crippen molar-refractivity contribution in [1.29, 1.82) is 0 Å². The highest BCUT2D eigenvalue weighted by Crippen LogP contribution is 1.94. The molecule has 4 nitrogen and oxygen atoms in total. The summed E-state index contributed by atoms with van der Waals surface area (Å²) in [4.78, 5) is 13.8. The van der Waals surface area contributed by atoms with Gasteiger partial charge in [0.2, 0.25) is 0 Å². The summed E-state index contributed by atoms with van der Waals surface area (Å²) in [6, 6.07) is 3.68. The normalized spacial score (nSPS) is 11.1. The Bertz CT molecular complexity index is 396. The minimum absolute atomic E-state index is 0.0532. The summed E-state index contributed by atoms with van der Waals surface area (Å²) < 4.78 is 1.59. The van der Waals surface area contributed by atoms with Crippen LogP contribution in [0.3, 0.4) is 0 Å². The molecule has 1 N–H and O–H groups in total. The lowest BCUT2D eigenvalue weighted by molar-refractivity contribution is 0.298. The predicted octanol–water partition coefficient (Wildman–Crippen LogP) is 1.21. The fraction of sp³-hybridized carbons (Fsp3) is 0.643. The van der Waals surface area contributed by atoms with Crippen LogP contribution < -0.4 is 10.9 Å². The quantitative estimate of drug-likeness (QED) is 0.706. The van der Waals surface area contributed by atoms with Gasteiger partial charge in [0.1, 0.15) is 0 Å². The number of aryl methyl sites for hydroxylation is 1. The third-order valence-corrected chi connectivity index (χ3v) is 3.22. The van der Waals surface area contributed by atoms with Crippen molar-refractivity contribution in [3.05, 3.63) is 34.2 Å². The Morgan fingerprint density at radius 2 is 2.06 bits per heavy atom. The second-order valence-corrected chi connectivity index (χ2v) is 4.54. The van der Waals surface area contributed by atoms with E-state index in [1.54, 1.807) is 17.7 Å². The highest BCUT2D eigenvalue weighted by molar-refractivity contribution is 5.10. The molecule has 1 rings (SSSR count). The smallest absolute Gasteiger partial charge is 0.250 e. The van der Waals surface area contributed by atoms with E-state index < -0.39 is 0 Å². The second kappa shape index (κ2) is 8.06. The second-order valence-electron chi connectivity index (χ2n) is 4.54. The van der Waals surface area contributed by atoms with Crippen molar-refractivity contribution in [2.75, 3.05) is 26.2 Å². The van der Waals surface area contributed by atoms with Gasteiger partial charge in [-0.2, -0.15) is 0 Å². The number of hydrogen-bond donors (Lipinski definition) is 1. The molecule has 0 aromatic carbocycles. The molecule has 1 aromatic heterocycles. The average Bonchev–Trinajstić information content (AvgIpc) is 2.38. The summed E-state index contributed by atoms with van der Waals surface area (Å²) in [5.74, 6) is 0. The van der Waals surface area contributed by atoms with E-state index >= 15 is 0 Å². The molecule has 0 spiro atoms. The molecule has 0 atom stereocenters. The van der Waals surface area contributed by atoms with Crippen molar-refractivity contribution in [3.63, 3.8) is 0 Å². The van der Waals surface area contributed by atoms with Crippen LogP contribution in [0.2, 0.25) is 0 Å². The van der Waals surface area contributed by atoms with Crippen molar-refractivity contribution in [3.8, 4) is 0 Å². The molecule has 0 fully saturated rings. The molecule has 4 heteroatoms. The van der Waals surface area contributed by atoms with Crippen LogP contribution in [0.4, 0.5) is 0 Å². The molecule has 0 aliphatic heterocycles. The van der Waals surface area contributed by atoms with Gasteiger partial charge in [0.25, 0.3) is 5.56 Å². The minimum atomic E-state index is 0.0532. The average molecular weight is 251 g/mol. The fourth-order valence-corrected chi connectivity index (χ4v) is 1.90. The van der Waals surface area contributed by atoms with Gasteiger partial charge < -0.3 is 14.8 Å². The van der Waals surface area contributed by atoms with Crippen LogP contribution in [-0.4, -0.2) is 35.6 Å². The van der Waals surface area contributed by atoms with E-state index in [1.807, 2.05) is 12.3 Å². The first-order valence-electron chi connectivity index (χ1n) is 6.76. The van der Waals surface area contributed by atoms with Crippen molar-refractivity contribution < 1.29 is 0 Å². The Morgan fingerprint density at radius 1 is 1.33 bits per heavy atom. The zero-order valence-corrected chi connectivity index (χ0v) is 11.8. The van der Waals surface area contributed by atoms with Gasteiger partial charge in [-0.15, -0.1) is 0 Å². The monoisotopic (exact) mass is 251 g/mol. The highest BCUT2D eigenvalue weighted by Gasteiger charge is 1.98. The molecule has 0 aliphatic rings. The van der Waals surface area contributed by atoms with E-state index in [2.05, 4.69) is 24.1 Å². The molecular weight excluding hydrogens is 226 g/mol. The standard InChI is InChI=1S/C14H25N3O/c1-4-17(5-2)9-6-8-15-12-13-7-10-16(3)14(18)11-13/h7,10-11,15H,4-6,8-9,12H2,1-3H3. The van der Waals surface area contributed by atoms with Crippen LogP contribution in [0.25, 0.3) is 0 Å². The summed E-state index contributed by atoms with van der Waals surface area (Å²) in [6.07, 6.45) is 2.96. The van der Waals surface area contributed by atoms with E-state index in [-0.39, 0.29) is 5.56 Å². The lowest BCUT2D eigenvalue weighted by Gasteiger charge is -2.17. The van der Waals surface area contributed by atoms with Crippen LogP contribution in [0.15, 0.2) is 23.1 Å². The summed E-state index contributed by atoms with van der Waals surface area (Å²) in [5, 5.41) is 3.38. The maximum atomic E-state index is 11.4. The number of rotatable bonds is 8. The van der Waals surface area contributed by atoms with Crippen molar-refractivity contribution >= 4 is 0 Å². The largest absolute Gasteiger partial charge is 0.319 e. The Morgan fingerprint density at radius 3 is 2.67 bits per heavy atom. The fourth-order valence-electron chi connectivity index (χ4n) is 1.90. The first-order valence-corrected chi connectivity index (χ1v) is 6.76. The highest BCUT2D eigenvalue weighted by atomic mass is 16.1. The zero-order chi connectivity index (χ0) is 13.4. The van der Waals surface area contributed by atoms with Crippen molar-refractivity contribution in [2.24, 2.45) is 7.05 Å². The van der Waals surface area contributed by atoms with Crippen LogP contribution >= 0.6 is 0 Å². The van der Waals surface area contributed by atoms with Gasteiger partial charge in [-0.05, 0) is 44.2 Å². The molecule has 0 radical (unpaired) electrons. The maximum absolute atomic E-state index is 11.4. The van der Waals surface area contributed by atoms with Crippen LogP contribution in [0.5, 0.6) is 0 Å². The number of aromatic nitrogens is 1. The number of hydrogen-bond acceptors (Lipinski definition) is 3. The molecular formula is C14H25N3O. The van der Waals surface area contributed by atoms with Gasteiger partial charge in [0.05, 0.1) is 0 Å². The maximum Gasteiger partial charge on any atom is 0.250 e. The number of nitrogens with one attached hydrogen (secondary N) is 1. The molecule has 1 heterocycles. The topological polar surface area (TPSA) is 37.3 Å². The lowest BCUT2D eigenvalue weighted by atomic mass is 10.2. The van der Waals surface area contributed by atoms with E-state index in [1.165, 1.54) is 0 Å². The van der Waals surface area contributed by atoms with E-state index in [0.29, 0.717) is 0 Å². The molecule has 102 valence electrons. The van der Waals surface area contributed by atoms with Gasteiger partial charge in [-0.1, -0.05) is 13.8 Å².